The van der Waals surface area contributed by atoms with Gasteiger partial charge >= 0.3 is 0 Å². The van der Waals surface area contributed by atoms with Crippen LogP contribution in [0.15, 0.2) is 18.2 Å². The molecule has 21 heavy (non-hydrogen) atoms. The third-order valence-electron chi connectivity index (χ3n) is 4.42. The topological polar surface area (TPSA) is 39.7 Å². The van der Waals surface area contributed by atoms with E-state index in [1.165, 1.54) is 0 Å². The van der Waals surface area contributed by atoms with Crippen molar-refractivity contribution in [2.45, 2.75) is 51.3 Å². The number of hydrogen-bond donors (Lipinski definition) is 1. The van der Waals surface area contributed by atoms with Crippen LogP contribution in [0.3, 0.4) is 0 Å². The zero-order chi connectivity index (χ0) is 15.3. The molecule has 1 aliphatic heterocycles. The molecule has 0 spiro atoms. The van der Waals surface area contributed by atoms with Crippen molar-refractivity contribution < 1.29 is 14.2 Å². The highest BCUT2D eigenvalue weighted by Gasteiger charge is 2.31. The van der Waals surface area contributed by atoms with Gasteiger partial charge in [0, 0.05) is 30.8 Å². The molecule has 2 atom stereocenters. The van der Waals surface area contributed by atoms with E-state index in [0.717, 1.165) is 49.5 Å². The first-order valence-corrected chi connectivity index (χ1v) is 7.68. The van der Waals surface area contributed by atoms with Gasteiger partial charge in [-0.05, 0) is 32.3 Å². The molecule has 1 N–H and O–H groups in total. The summed E-state index contributed by atoms with van der Waals surface area (Å²) < 4.78 is 16.6. The largest absolute Gasteiger partial charge is 0.497 e. The molecular formula is C17H27NO3. The lowest BCUT2D eigenvalue weighted by Crippen LogP contribution is -2.44. The minimum absolute atomic E-state index is 0.0138. The van der Waals surface area contributed by atoms with Crippen LogP contribution in [-0.2, 0) is 11.3 Å². The van der Waals surface area contributed by atoms with Crippen LogP contribution in [0.2, 0.25) is 0 Å². The van der Waals surface area contributed by atoms with Crippen LogP contribution in [0.1, 0.15) is 38.7 Å². The van der Waals surface area contributed by atoms with Crippen LogP contribution < -0.4 is 14.8 Å². The predicted octanol–water partition coefficient (Wildman–Crippen LogP) is 3.14. The molecule has 2 unspecified atom stereocenters. The molecule has 0 aromatic heterocycles. The monoisotopic (exact) mass is 293 g/mol. The lowest BCUT2D eigenvalue weighted by Gasteiger charge is -2.38. The molecule has 2 rings (SSSR count). The molecule has 1 aliphatic rings. The second kappa shape index (κ2) is 7.14. The van der Waals surface area contributed by atoms with Gasteiger partial charge in [-0.15, -0.1) is 0 Å². The van der Waals surface area contributed by atoms with Crippen molar-refractivity contribution in [3.8, 4) is 11.5 Å². The van der Waals surface area contributed by atoms with Crippen molar-refractivity contribution in [3.63, 3.8) is 0 Å². The fourth-order valence-electron chi connectivity index (χ4n) is 2.80. The second-order valence-corrected chi connectivity index (χ2v) is 5.90. The van der Waals surface area contributed by atoms with Crippen molar-refractivity contribution in [2.24, 2.45) is 0 Å². The minimum atomic E-state index is 0.0138. The summed E-state index contributed by atoms with van der Waals surface area (Å²) >= 11 is 0. The first-order valence-electron chi connectivity index (χ1n) is 7.68. The Morgan fingerprint density at radius 2 is 2.14 bits per heavy atom. The molecule has 4 nitrogen and oxygen atoms in total. The van der Waals surface area contributed by atoms with E-state index in [9.17, 15) is 0 Å². The zero-order valence-electron chi connectivity index (χ0n) is 13.6. The molecule has 1 saturated heterocycles. The van der Waals surface area contributed by atoms with E-state index < -0.39 is 0 Å². The number of hydrogen-bond acceptors (Lipinski definition) is 4. The maximum Gasteiger partial charge on any atom is 0.127 e. The zero-order valence-corrected chi connectivity index (χ0v) is 13.6. The van der Waals surface area contributed by atoms with Crippen LogP contribution in [-0.4, -0.2) is 32.5 Å². The Kier molecular flexibility index (Phi) is 5.48. The van der Waals surface area contributed by atoms with Crippen molar-refractivity contribution in [3.05, 3.63) is 23.8 Å². The van der Waals surface area contributed by atoms with E-state index in [2.05, 4.69) is 25.2 Å². The lowest BCUT2D eigenvalue weighted by molar-refractivity contribution is -0.0781. The maximum atomic E-state index is 5.89. The Labute approximate surface area is 127 Å². The normalized spacial score (nSPS) is 25.6. The molecule has 1 aromatic carbocycles. The summed E-state index contributed by atoms with van der Waals surface area (Å²) in [5.41, 5.74) is 1.17. The third kappa shape index (κ3) is 4.11. The minimum Gasteiger partial charge on any atom is -0.497 e. The predicted molar refractivity (Wildman–Crippen MR) is 84.1 cm³/mol. The van der Waals surface area contributed by atoms with Crippen molar-refractivity contribution in [1.29, 1.82) is 0 Å². The first-order chi connectivity index (χ1) is 10.1. The maximum absolute atomic E-state index is 5.89. The van der Waals surface area contributed by atoms with Gasteiger partial charge in [-0.1, -0.05) is 13.0 Å². The van der Waals surface area contributed by atoms with Gasteiger partial charge in [0.1, 0.15) is 11.5 Å². The Morgan fingerprint density at radius 3 is 2.81 bits per heavy atom. The molecule has 0 aliphatic carbocycles. The van der Waals surface area contributed by atoms with Crippen molar-refractivity contribution in [2.75, 3.05) is 20.8 Å². The van der Waals surface area contributed by atoms with E-state index in [-0.39, 0.29) is 5.60 Å². The Bertz CT molecular complexity index is 463. The van der Waals surface area contributed by atoms with E-state index in [1.54, 1.807) is 14.2 Å². The van der Waals surface area contributed by atoms with Gasteiger partial charge in [0.2, 0.25) is 0 Å². The lowest BCUT2D eigenvalue weighted by atomic mass is 9.90. The summed E-state index contributed by atoms with van der Waals surface area (Å²) in [5, 5.41) is 3.64. The number of rotatable bonds is 6. The van der Waals surface area contributed by atoms with Crippen LogP contribution in [0.25, 0.3) is 0 Å². The standard InChI is InChI=1S/C17H27NO3/c1-5-17(2)11-14(8-9-21-17)18-12-13-6-7-15(19-3)10-16(13)20-4/h6-7,10,14,18H,5,8-9,11-12H2,1-4H3. The van der Waals surface area contributed by atoms with Gasteiger partial charge in [-0.3, -0.25) is 0 Å². The second-order valence-electron chi connectivity index (χ2n) is 5.90. The quantitative estimate of drug-likeness (QED) is 0.874. The number of ether oxygens (including phenoxy) is 3. The van der Waals surface area contributed by atoms with Gasteiger partial charge in [-0.2, -0.15) is 0 Å². The summed E-state index contributed by atoms with van der Waals surface area (Å²) in [5.74, 6) is 1.69. The molecule has 0 radical (unpaired) electrons. The fraction of sp³-hybridized carbons (Fsp3) is 0.647. The van der Waals surface area contributed by atoms with E-state index in [0.29, 0.717) is 6.04 Å². The average molecular weight is 293 g/mol. The highest BCUT2D eigenvalue weighted by atomic mass is 16.5. The summed E-state index contributed by atoms with van der Waals surface area (Å²) in [6.45, 7) is 6.03. The molecule has 0 bridgehead atoms. The van der Waals surface area contributed by atoms with Crippen LogP contribution >= 0.6 is 0 Å². The van der Waals surface area contributed by atoms with Crippen LogP contribution in [0.4, 0.5) is 0 Å². The van der Waals surface area contributed by atoms with Gasteiger partial charge < -0.3 is 19.5 Å². The van der Waals surface area contributed by atoms with Crippen molar-refractivity contribution >= 4 is 0 Å². The van der Waals surface area contributed by atoms with Gasteiger partial charge in [0.05, 0.1) is 19.8 Å². The van der Waals surface area contributed by atoms with E-state index >= 15 is 0 Å². The Hall–Kier alpha value is -1.26. The third-order valence-corrected chi connectivity index (χ3v) is 4.42. The molecular weight excluding hydrogens is 266 g/mol. The van der Waals surface area contributed by atoms with Crippen LogP contribution in [0.5, 0.6) is 11.5 Å². The van der Waals surface area contributed by atoms with E-state index in [4.69, 9.17) is 14.2 Å². The van der Waals surface area contributed by atoms with E-state index in [1.807, 2.05) is 12.1 Å². The molecule has 4 heteroatoms. The Balaban J connectivity index is 1.96. The van der Waals surface area contributed by atoms with Gasteiger partial charge in [0.25, 0.3) is 0 Å². The summed E-state index contributed by atoms with van der Waals surface area (Å²) in [4.78, 5) is 0. The Morgan fingerprint density at radius 1 is 1.33 bits per heavy atom. The summed E-state index contributed by atoms with van der Waals surface area (Å²) in [6.07, 6.45) is 3.17. The molecule has 1 aromatic rings. The van der Waals surface area contributed by atoms with Gasteiger partial charge in [0.15, 0.2) is 0 Å². The fourth-order valence-corrected chi connectivity index (χ4v) is 2.80. The molecule has 0 amide bonds. The smallest absolute Gasteiger partial charge is 0.127 e. The molecule has 0 saturated carbocycles. The van der Waals surface area contributed by atoms with Gasteiger partial charge in [-0.25, -0.2) is 0 Å². The highest BCUT2D eigenvalue weighted by Crippen LogP contribution is 2.29. The molecule has 118 valence electrons. The first kappa shape index (κ1) is 16.1. The summed E-state index contributed by atoms with van der Waals surface area (Å²) in [7, 11) is 3.36. The SMILES string of the molecule is CCC1(C)CC(NCc2ccc(OC)cc2OC)CCO1. The molecule has 1 heterocycles. The van der Waals surface area contributed by atoms with Crippen molar-refractivity contribution in [1.82, 2.24) is 5.32 Å². The number of methoxy groups -OCH3 is 2. The number of nitrogens with one attached hydrogen (secondary N) is 1. The molecule has 1 fully saturated rings. The van der Waals surface area contributed by atoms with Crippen LogP contribution in [0, 0.1) is 0 Å². The highest BCUT2D eigenvalue weighted by molar-refractivity contribution is 5.40. The average Bonchev–Trinajstić information content (AvgIpc) is 2.53. The number of benzene rings is 1. The summed E-state index contributed by atoms with van der Waals surface area (Å²) in [6, 6.07) is 6.45.